The summed E-state index contributed by atoms with van der Waals surface area (Å²) >= 11 is 0. The standard InChI is InChI=1S/C16H11NO2/c18-16(19)13-7-5-12(6-8-13)15-10-9-11-3-1-2-4-14(11)17-15/h1-10H,(H,18,19). The van der Waals surface area contributed by atoms with Crippen molar-refractivity contribution in [2.24, 2.45) is 0 Å². The maximum absolute atomic E-state index is 10.8. The summed E-state index contributed by atoms with van der Waals surface area (Å²) in [6.07, 6.45) is 0. The molecule has 2 aromatic carbocycles. The van der Waals surface area contributed by atoms with Gasteiger partial charge in [-0.3, -0.25) is 0 Å². The Kier molecular flexibility index (Phi) is 2.72. The normalized spacial score (nSPS) is 10.5. The number of hydrogen-bond donors (Lipinski definition) is 1. The number of benzene rings is 2. The van der Waals surface area contributed by atoms with Crippen molar-refractivity contribution in [1.82, 2.24) is 4.98 Å². The minimum atomic E-state index is -0.918. The van der Waals surface area contributed by atoms with Crippen LogP contribution in [-0.2, 0) is 0 Å². The van der Waals surface area contributed by atoms with Gasteiger partial charge in [0, 0.05) is 10.9 Å². The van der Waals surface area contributed by atoms with Crippen LogP contribution < -0.4 is 0 Å². The summed E-state index contributed by atoms with van der Waals surface area (Å²) in [6, 6.07) is 18.6. The summed E-state index contributed by atoms with van der Waals surface area (Å²) in [5.41, 5.74) is 2.97. The number of carboxylic acids is 1. The molecule has 0 aliphatic carbocycles. The number of aromatic carboxylic acids is 1. The fraction of sp³-hybridized carbons (Fsp3) is 0. The third-order valence-electron chi connectivity index (χ3n) is 3.03. The van der Waals surface area contributed by atoms with Crippen molar-refractivity contribution < 1.29 is 9.90 Å². The minimum Gasteiger partial charge on any atom is -0.478 e. The molecule has 0 fully saturated rings. The van der Waals surface area contributed by atoms with Crippen molar-refractivity contribution in [3.8, 4) is 11.3 Å². The van der Waals surface area contributed by atoms with E-state index in [1.54, 1.807) is 24.3 Å². The van der Waals surface area contributed by atoms with E-state index in [1.807, 2.05) is 36.4 Å². The molecule has 0 saturated heterocycles. The van der Waals surface area contributed by atoms with Gasteiger partial charge in [-0.15, -0.1) is 0 Å². The first-order valence-corrected chi connectivity index (χ1v) is 5.93. The maximum atomic E-state index is 10.8. The molecule has 0 radical (unpaired) electrons. The topological polar surface area (TPSA) is 50.2 Å². The van der Waals surface area contributed by atoms with E-state index in [0.29, 0.717) is 0 Å². The second kappa shape index (κ2) is 4.53. The summed E-state index contributed by atoms with van der Waals surface area (Å²) in [5, 5.41) is 9.96. The number of carboxylic acid groups (broad SMARTS) is 1. The van der Waals surface area contributed by atoms with E-state index in [4.69, 9.17) is 5.11 Å². The zero-order valence-corrected chi connectivity index (χ0v) is 10.1. The number of para-hydroxylation sites is 1. The largest absolute Gasteiger partial charge is 0.478 e. The average molecular weight is 249 g/mol. The molecule has 0 aliphatic rings. The maximum Gasteiger partial charge on any atom is 0.335 e. The monoisotopic (exact) mass is 249 g/mol. The van der Waals surface area contributed by atoms with Gasteiger partial charge >= 0.3 is 5.97 Å². The van der Waals surface area contributed by atoms with E-state index >= 15 is 0 Å². The molecule has 3 rings (SSSR count). The minimum absolute atomic E-state index is 0.282. The Morgan fingerprint density at radius 2 is 1.63 bits per heavy atom. The molecular formula is C16H11NO2. The SMILES string of the molecule is O=C(O)c1ccc(-c2ccc3ccccc3n2)cc1. The number of rotatable bonds is 2. The molecule has 3 nitrogen and oxygen atoms in total. The number of fused-ring (bicyclic) bond motifs is 1. The van der Waals surface area contributed by atoms with Gasteiger partial charge in [-0.2, -0.15) is 0 Å². The highest BCUT2D eigenvalue weighted by Gasteiger charge is 2.04. The molecule has 0 saturated carbocycles. The lowest BCUT2D eigenvalue weighted by Gasteiger charge is -2.03. The second-order valence-corrected chi connectivity index (χ2v) is 4.27. The Bertz CT molecular complexity index is 748. The van der Waals surface area contributed by atoms with Gasteiger partial charge in [-0.1, -0.05) is 36.4 Å². The molecule has 3 aromatic rings. The van der Waals surface area contributed by atoms with Gasteiger partial charge in [0.1, 0.15) is 0 Å². The summed E-state index contributed by atoms with van der Waals surface area (Å²) in [7, 11) is 0. The highest BCUT2D eigenvalue weighted by molar-refractivity contribution is 5.88. The first kappa shape index (κ1) is 11.4. The van der Waals surface area contributed by atoms with Gasteiger partial charge in [0.15, 0.2) is 0 Å². The Hall–Kier alpha value is -2.68. The lowest BCUT2D eigenvalue weighted by molar-refractivity contribution is 0.0697. The molecule has 1 aromatic heterocycles. The van der Waals surface area contributed by atoms with Gasteiger partial charge in [0.05, 0.1) is 16.8 Å². The van der Waals surface area contributed by atoms with E-state index in [9.17, 15) is 4.79 Å². The van der Waals surface area contributed by atoms with Crippen LogP contribution in [0, 0.1) is 0 Å². The smallest absolute Gasteiger partial charge is 0.335 e. The molecule has 1 heterocycles. The van der Waals surface area contributed by atoms with Gasteiger partial charge in [0.2, 0.25) is 0 Å². The van der Waals surface area contributed by atoms with E-state index in [1.165, 1.54) is 0 Å². The fourth-order valence-electron chi connectivity index (χ4n) is 2.01. The van der Waals surface area contributed by atoms with Crippen molar-refractivity contribution in [1.29, 1.82) is 0 Å². The zero-order chi connectivity index (χ0) is 13.2. The van der Waals surface area contributed by atoms with Crippen LogP contribution in [0.2, 0.25) is 0 Å². The Morgan fingerprint density at radius 1 is 0.895 bits per heavy atom. The summed E-state index contributed by atoms with van der Waals surface area (Å²) < 4.78 is 0. The predicted molar refractivity (Wildman–Crippen MR) is 74.1 cm³/mol. The Labute approximate surface area is 110 Å². The number of hydrogen-bond acceptors (Lipinski definition) is 2. The number of nitrogens with zero attached hydrogens (tertiary/aromatic N) is 1. The molecular weight excluding hydrogens is 238 g/mol. The fourth-order valence-corrected chi connectivity index (χ4v) is 2.01. The molecule has 19 heavy (non-hydrogen) atoms. The molecule has 1 N–H and O–H groups in total. The first-order chi connectivity index (χ1) is 9.24. The van der Waals surface area contributed by atoms with Crippen LogP contribution in [0.15, 0.2) is 60.7 Å². The first-order valence-electron chi connectivity index (χ1n) is 5.93. The molecule has 0 aliphatic heterocycles. The highest BCUT2D eigenvalue weighted by Crippen LogP contribution is 2.21. The predicted octanol–water partition coefficient (Wildman–Crippen LogP) is 3.60. The quantitative estimate of drug-likeness (QED) is 0.754. The third-order valence-corrected chi connectivity index (χ3v) is 3.03. The highest BCUT2D eigenvalue weighted by atomic mass is 16.4. The van der Waals surface area contributed by atoms with E-state index in [2.05, 4.69) is 4.98 Å². The molecule has 0 atom stereocenters. The van der Waals surface area contributed by atoms with Crippen LogP contribution in [-0.4, -0.2) is 16.1 Å². The molecule has 0 bridgehead atoms. The Morgan fingerprint density at radius 3 is 2.37 bits per heavy atom. The second-order valence-electron chi connectivity index (χ2n) is 4.27. The average Bonchev–Trinajstić information content (AvgIpc) is 2.47. The van der Waals surface area contributed by atoms with E-state index < -0.39 is 5.97 Å². The summed E-state index contributed by atoms with van der Waals surface area (Å²) in [6.45, 7) is 0. The Balaban J connectivity index is 2.06. The number of carbonyl (C=O) groups is 1. The van der Waals surface area contributed by atoms with Gasteiger partial charge in [-0.05, 0) is 24.3 Å². The van der Waals surface area contributed by atoms with Gasteiger partial charge in [0.25, 0.3) is 0 Å². The van der Waals surface area contributed by atoms with Crippen molar-refractivity contribution >= 4 is 16.9 Å². The molecule has 3 heteroatoms. The van der Waals surface area contributed by atoms with Crippen LogP contribution in [0.3, 0.4) is 0 Å². The summed E-state index contributed by atoms with van der Waals surface area (Å²) in [5.74, 6) is -0.918. The van der Waals surface area contributed by atoms with Gasteiger partial charge < -0.3 is 5.11 Å². The number of pyridine rings is 1. The van der Waals surface area contributed by atoms with Crippen molar-refractivity contribution in [2.45, 2.75) is 0 Å². The molecule has 92 valence electrons. The van der Waals surface area contributed by atoms with Crippen LogP contribution in [0.5, 0.6) is 0 Å². The molecule has 0 unspecified atom stereocenters. The van der Waals surface area contributed by atoms with Gasteiger partial charge in [-0.25, -0.2) is 9.78 Å². The van der Waals surface area contributed by atoms with Crippen molar-refractivity contribution in [3.05, 3.63) is 66.2 Å². The van der Waals surface area contributed by atoms with Crippen LogP contribution in [0.1, 0.15) is 10.4 Å². The van der Waals surface area contributed by atoms with E-state index in [-0.39, 0.29) is 5.56 Å². The van der Waals surface area contributed by atoms with Crippen LogP contribution in [0.25, 0.3) is 22.2 Å². The van der Waals surface area contributed by atoms with E-state index in [0.717, 1.165) is 22.2 Å². The molecule has 0 spiro atoms. The third kappa shape index (κ3) is 2.18. The zero-order valence-electron chi connectivity index (χ0n) is 10.1. The van der Waals surface area contributed by atoms with Crippen LogP contribution in [0.4, 0.5) is 0 Å². The molecule has 0 amide bonds. The lowest BCUT2D eigenvalue weighted by Crippen LogP contribution is -1.95. The lowest BCUT2D eigenvalue weighted by atomic mass is 10.1. The van der Waals surface area contributed by atoms with Crippen molar-refractivity contribution in [2.75, 3.05) is 0 Å². The summed E-state index contributed by atoms with van der Waals surface area (Å²) in [4.78, 5) is 15.4. The van der Waals surface area contributed by atoms with Crippen LogP contribution >= 0.6 is 0 Å². The van der Waals surface area contributed by atoms with Crippen molar-refractivity contribution in [3.63, 3.8) is 0 Å². The number of aromatic nitrogens is 1.